The molecule has 1 aliphatic rings. The molecule has 0 saturated heterocycles. The molecule has 0 spiro atoms. The van der Waals surface area contributed by atoms with E-state index in [1.54, 1.807) is 78.9 Å². The number of aromatic nitrogens is 1. The Morgan fingerprint density at radius 2 is 1.67 bits per heavy atom. The van der Waals surface area contributed by atoms with Crippen molar-refractivity contribution < 1.29 is 31.8 Å². The molecule has 1 unspecified atom stereocenters. The van der Waals surface area contributed by atoms with E-state index in [9.17, 15) is 31.9 Å². The molecule has 1 aliphatic carbocycles. The number of anilines is 2. The first-order valence-corrected chi connectivity index (χ1v) is 16.7. The van der Waals surface area contributed by atoms with Gasteiger partial charge in [0.05, 0.1) is 28.9 Å². The molecule has 5 aromatic rings. The summed E-state index contributed by atoms with van der Waals surface area (Å²) in [5.74, 6) is -0.859. The van der Waals surface area contributed by atoms with Crippen LogP contribution >= 0.6 is 0 Å². The second-order valence-corrected chi connectivity index (χ2v) is 13.2. The van der Waals surface area contributed by atoms with Gasteiger partial charge in [0.15, 0.2) is 16.5 Å². The van der Waals surface area contributed by atoms with Gasteiger partial charge in [-0.1, -0.05) is 60.7 Å². The summed E-state index contributed by atoms with van der Waals surface area (Å²) >= 11 is -1.40. The monoisotopic (exact) mass is 642 g/mol. The molecule has 0 bridgehead atoms. The van der Waals surface area contributed by atoms with E-state index in [-0.39, 0.29) is 55.7 Å². The van der Waals surface area contributed by atoms with Gasteiger partial charge in [-0.3, -0.25) is 18.9 Å². The molecule has 0 aliphatic heterocycles. The number of ketones is 2. The van der Waals surface area contributed by atoms with Crippen molar-refractivity contribution in [3.63, 3.8) is 0 Å². The summed E-state index contributed by atoms with van der Waals surface area (Å²) in [5.41, 5.74) is -0.327. The fourth-order valence-corrected chi connectivity index (χ4v) is 7.18. The van der Waals surface area contributed by atoms with Crippen LogP contribution in [0.1, 0.15) is 38.8 Å². The maximum absolute atomic E-state index is 14.1. The summed E-state index contributed by atoms with van der Waals surface area (Å²) in [4.78, 5) is 43.9. The summed E-state index contributed by atoms with van der Waals surface area (Å²) in [6.07, 6.45) is 0. The van der Waals surface area contributed by atoms with Crippen molar-refractivity contribution in [2.24, 2.45) is 0 Å². The van der Waals surface area contributed by atoms with Crippen LogP contribution in [0.3, 0.4) is 0 Å². The number of ether oxygens (including phenoxy) is 1. The molecule has 228 valence electrons. The average Bonchev–Trinajstić information content (AvgIpc) is 3.03. The second-order valence-electron chi connectivity index (χ2n) is 10.2. The molecule has 6 rings (SSSR count). The molecule has 3 N–H and O–H groups in total. The summed E-state index contributed by atoms with van der Waals surface area (Å²) in [5, 5.41) is 3.06. The first-order valence-electron chi connectivity index (χ1n) is 13.9. The van der Waals surface area contributed by atoms with Crippen LogP contribution in [0.5, 0.6) is 0 Å². The van der Waals surface area contributed by atoms with Gasteiger partial charge in [0, 0.05) is 40.4 Å². The molecule has 0 fully saturated rings. The highest BCUT2D eigenvalue weighted by Crippen LogP contribution is 2.45. The molecule has 0 amide bonds. The summed E-state index contributed by atoms with van der Waals surface area (Å²) < 4.78 is 53.9. The van der Waals surface area contributed by atoms with Gasteiger partial charge in [-0.2, -0.15) is 8.42 Å². The topological polar surface area (TPSA) is 166 Å². The van der Waals surface area contributed by atoms with Crippen molar-refractivity contribution in [3.8, 4) is 11.1 Å². The van der Waals surface area contributed by atoms with E-state index in [4.69, 9.17) is 4.74 Å². The van der Waals surface area contributed by atoms with Gasteiger partial charge in [-0.25, -0.2) is 0 Å². The number of nitrogens with one attached hydrogen (secondary N) is 2. The van der Waals surface area contributed by atoms with Gasteiger partial charge in [-0.05, 0) is 41.9 Å². The first-order chi connectivity index (χ1) is 21.6. The van der Waals surface area contributed by atoms with Crippen molar-refractivity contribution in [2.45, 2.75) is 16.7 Å². The van der Waals surface area contributed by atoms with Crippen molar-refractivity contribution in [1.29, 1.82) is 0 Å². The Morgan fingerprint density at radius 1 is 0.956 bits per heavy atom. The normalized spacial score (nSPS) is 13.0. The van der Waals surface area contributed by atoms with Crippen LogP contribution in [-0.4, -0.2) is 53.0 Å². The number of carbonyl (C=O) groups excluding carboxylic acids is 2. The van der Waals surface area contributed by atoms with Crippen LogP contribution in [0, 0.1) is 0 Å². The third kappa shape index (κ3) is 5.58. The standard InChI is InChI=1S/C33H26N2O8S2/c1-2-43-15-16-44(39)21-12-8-11-20(17-21)34-24-18-25(45(40,41)42)30-28-26(22-13-6-7-14-23(22)32(37)27(24)28)29(33(38)35-30)31(36)19-9-4-3-5-10-19/h3-14,17-18,34H,2,15-16H2,1H3,(H,35,38)(H,40,41,42). The average molecular weight is 643 g/mol. The van der Waals surface area contributed by atoms with Crippen molar-refractivity contribution >= 4 is 55.1 Å². The molecular weight excluding hydrogens is 617 g/mol. The zero-order valence-electron chi connectivity index (χ0n) is 23.8. The van der Waals surface area contributed by atoms with Crippen molar-refractivity contribution in [1.82, 2.24) is 4.98 Å². The van der Waals surface area contributed by atoms with Gasteiger partial charge >= 0.3 is 0 Å². The Hall–Kier alpha value is -4.59. The number of aromatic amines is 1. The van der Waals surface area contributed by atoms with Crippen molar-refractivity contribution in [2.75, 3.05) is 24.3 Å². The molecule has 1 aromatic heterocycles. The fourth-order valence-electron chi connectivity index (χ4n) is 5.51. The molecule has 10 nitrogen and oxygen atoms in total. The minimum Gasteiger partial charge on any atom is -0.611 e. The molecule has 1 heterocycles. The Balaban J connectivity index is 1.64. The maximum atomic E-state index is 14.1. The second kappa shape index (κ2) is 12.1. The predicted octanol–water partition coefficient (Wildman–Crippen LogP) is 5.10. The maximum Gasteiger partial charge on any atom is 0.296 e. The molecule has 0 radical (unpaired) electrons. The van der Waals surface area contributed by atoms with E-state index in [1.165, 1.54) is 0 Å². The lowest BCUT2D eigenvalue weighted by molar-refractivity contribution is 0.102. The first kappa shape index (κ1) is 30.4. The Morgan fingerprint density at radius 3 is 2.38 bits per heavy atom. The fraction of sp³-hybridized carbons (Fsp3) is 0.121. The van der Waals surface area contributed by atoms with Crippen LogP contribution in [-0.2, 0) is 26.0 Å². The third-order valence-corrected chi connectivity index (χ3v) is 9.65. The molecular formula is C33H26N2O8S2. The van der Waals surface area contributed by atoms with E-state index < -0.39 is 43.3 Å². The molecule has 12 heteroatoms. The zero-order valence-corrected chi connectivity index (χ0v) is 25.5. The van der Waals surface area contributed by atoms with Crippen molar-refractivity contribution in [3.05, 3.63) is 118 Å². The number of pyridine rings is 1. The zero-order chi connectivity index (χ0) is 31.9. The SMILES string of the molecule is CCOCC[S+]([O-])c1cccc(Nc2cc(S(=O)(=O)O)c3[nH]c(=O)c(C(=O)c4ccccc4)c4c3c2C(=O)c2ccccc2-4)c1. The quantitative estimate of drug-likeness (QED) is 0.0797. The van der Waals surface area contributed by atoms with Crippen LogP contribution in [0.15, 0.2) is 99.5 Å². The van der Waals surface area contributed by atoms with E-state index in [2.05, 4.69) is 10.3 Å². The Bertz CT molecular complexity index is 2160. The minimum absolute atomic E-state index is 0.00159. The van der Waals surface area contributed by atoms with Gasteiger partial charge in [0.2, 0.25) is 0 Å². The molecule has 0 saturated carbocycles. The van der Waals surface area contributed by atoms with Crippen LogP contribution in [0.25, 0.3) is 22.0 Å². The van der Waals surface area contributed by atoms with E-state index in [1.807, 2.05) is 6.92 Å². The summed E-state index contributed by atoms with van der Waals surface area (Å²) in [7, 11) is -4.96. The van der Waals surface area contributed by atoms with Gasteiger partial charge < -0.3 is 19.6 Å². The number of carbonyl (C=O) groups is 2. The van der Waals surface area contributed by atoms with Gasteiger partial charge in [0.25, 0.3) is 15.7 Å². The van der Waals surface area contributed by atoms with Crippen LogP contribution < -0.4 is 10.9 Å². The predicted molar refractivity (Wildman–Crippen MR) is 171 cm³/mol. The highest BCUT2D eigenvalue weighted by Gasteiger charge is 2.35. The number of benzene rings is 4. The molecule has 4 aromatic carbocycles. The lowest BCUT2D eigenvalue weighted by Crippen LogP contribution is -2.25. The summed E-state index contributed by atoms with van der Waals surface area (Å²) in [6.45, 7) is 2.63. The van der Waals surface area contributed by atoms with Gasteiger partial charge in [-0.15, -0.1) is 0 Å². The molecule has 1 atom stereocenters. The largest absolute Gasteiger partial charge is 0.611 e. The highest BCUT2D eigenvalue weighted by atomic mass is 32.2. The molecule has 45 heavy (non-hydrogen) atoms. The third-order valence-electron chi connectivity index (χ3n) is 7.46. The lowest BCUT2D eigenvalue weighted by atomic mass is 9.80. The number of hydrogen-bond donors (Lipinski definition) is 3. The van der Waals surface area contributed by atoms with E-state index in [0.717, 1.165) is 6.07 Å². The minimum atomic E-state index is -4.96. The van der Waals surface area contributed by atoms with E-state index in [0.29, 0.717) is 23.8 Å². The Labute approximate surface area is 261 Å². The van der Waals surface area contributed by atoms with Crippen LogP contribution in [0.4, 0.5) is 11.4 Å². The number of fused-ring (bicyclic) bond motifs is 2. The van der Waals surface area contributed by atoms with Crippen LogP contribution in [0.2, 0.25) is 0 Å². The smallest absolute Gasteiger partial charge is 0.296 e. The Kier molecular flexibility index (Phi) is 8.16. The lowest BCUT2D eigenvalue weighted by Gasteiger charge is -2.25. The highest BCUT2D eigenvalue weighted by molar-refractivity contribution is 7.91. The number of rotatable bonds is 10. The number of H-pyrrole nitrogens is 1. The number of hydrogen-bond acceptors (Lipinski definition) is 8. The summed E-state index contributed by atoms with van der Waals surface area (Å²) in [6, 6.07) is 22.2. The van der Waals surface area contributed by atoms with E-state index >= 15 is 0 Å². The van der Waals surface area contributed by atoms with Gasteiger partial charge in [0.1, 0.15) is 10.6 Å².